The molecule has 8 heteroatoms. The Hall–Kier alpha value is -1.66. The molecule has 0 spiro atoms. The number of pyridine rings is 1. The summed E-state index contributed by atoms with van der Waals surface area (Å²) in [5, 5.41) is 0.389. The molecule has 130 valence electrons. The zero-order valence-corrected chi connectivity index (χ0v) is 14.6. The second-order valence-corrected chi connectivity index (χ2v) is 6.35. The van der Waals surface area contributed by atoms with Crippen LogP contribution in [0.2, 0.25) is 10.3 Å². The average molecular weight is 380 g/mol. The van der Waals surface area contributed by atoms with E-state index in [1.165, 1.54) is 19.2 Å². The molecule has 0 aliphatic carbocycles. The lowest BCUT2D eigenvalue weighted by Gasteiger charge is -2.27. The fraction of sp³-hybridized carbons (Fsp3) is 0.312. The van der Waals surface area contributed by atoms with Crippen LogP contribution >= 0.6 is 23.2 Å². The fourth-order valence-electron chi connectivity index (χ4n) is 2.24. The Balaban J connectivity index is 2.54. The van der Waals surface area contributed by atoms with E-state index in [0.29, 0.717) is 11.1 Å². The van der Waals surface area contributed by atoms with Crippen molar-refractivity contribution in [1.82, 2.24) is 4.98 Å². The van der Waals surface area contributed by atoms with Gasteiger partial charge in [-0.15, -0.1) is 13.2 Å². The summed E-state index contributed by atoms with van der Waals surface area (Å²) < 4.78 is 46.7. The minimum Gasteiger partial charge on any atom is -0.497 e. The number of rotatable bonds is 4. The lowest BCUT2D eigenvalue weighted by atomic mass is 9.78. The Bertz CT molecular complexity index is 728. The van der Waals surface area contributed by atoms with Gasteiger partial charge in [0.2, 0.25) is 0 Å². The van der Waals surface area contributed by atoms with Gasteiger partial charge in [-0.25, -0.2) is 4.98 Å². The smallest absolute Gasteiger partial charge is 0.497 e. The predicted octanol–water partition coefficient (Wildman–Crippen LogP) is 5.62. The Labute approximate surface area is 147 Å². The van der Waals surface area contributed by atoms with Crippen molar-refractivity contribution in [3.05, 3.63) is 51.8 Å². The minimum absolute atomic E-state index is 0.195. The highest BCUT2D eigenvalue weighted by Gasteiger charge is 2.32. The number of aromatic nitrogens is 1. The quantitative estimate of drug-likeness (QED) is 0.645. The van der Waals surface area contributed by atoms with Crippen LogP contribution in [0.5, 0.6) is 11.5 Å². The van der Waals surface area contributed by atoms with Gasteiger partial charge in [0, 0.05) is 11.5 Å². The average Bonchev–Trinajstić information content (AvgIpc) is 2.44. The maximum Gasteiger partial charge on any atom is 0.573 e. The first-order chi connectivity index (χ1) is 11.0. The molecule has 0 saturated heterocycles. The molecule has 1 heterocycles. The normalized spacial score (nSPS) is 12.2. The number of nitrogens with zero attached hydrogens (tertiary/aromatic N) is 1. The molecule has 0 unspecified atom stereocenters. The molecule has 0 radical (unpaired) electrons. The van der Waals surface area contributed by atoms with E-state index in [0.717, 1.165) is 0 Å². The molecule has 3 nitrogen and oxygen atoms in total. The first kappa shape index (κ1) is 18.7. The molecule has 2 aromatic rings. The van der Waals surface area contributed by atoms with Crippen molar-refractivity contribution in [3.63, 3.8) is 0 Å². The lowest BCUT2D eigenvalue weighted by Crippen LogP contribution is -2.21. The molecule has 0 saturated carbocycles. The van der Waals surface area contributed by atoms with Crippen LogP contribution in [0.25, 0.3) is 0 Å². The summed E-state index contributed by atoms with van der Waals surface area (Å²) in [6.07, 6.45) is -4.79. The zero-order chi connectivity index (χ0) is 18.1. The van der Waals surface area contributed by atoms with E-state index >= 15 is 0 Å². The van der Waals surface area contributed by atoms with Gasteiger partial charge in [-0.3, -0.25) is 0 Å². The second-order valence-electron chi connectivity index (χ2n) is 5.57. The summed E-state index contributed by atoms with van der Waals surface area (Å²) in [7, 11) is 1.36. The fourth-order valence-corrected chi connectivity index (χ4v) is 2.70. The molecule has 0 fully saturated rings. The number of hydrogen-bond acceptors (Lipinski definition) is 3. The number of alkyl halides is 3. The molecule has 1 aromatic heterocycles. The van der Waals surface area contributed by atoms with Gasteiger partial charge in [0.15, 0.2) is 0 Å². The van der Waals surface area contributed by atoms with Gasteiger partial charge in [0.1, 0.15) is 21.8 Å². The summed E-state index contributed by atoms with van der Waals surface area (Å²) in [6, 6.07) is 7.32. The summed E-state index contributed by atoms with van der Waals surface area (Å²) in [4.78, 5) is 3.87. The highest BCUT2D eigenvalue weighted by atomic mass is 35.5. The van der Waals surface area contributed by atoms with Crippen molar-refractivity contribution in [2.45, 2.75) is 25.6 Å². The summed E-state index contributed by atoms with van der Waals surface area (Å²) in [5.74, 6) is -0.123. The Morgan fingerprint density at radius 3 is 1.88 bits per heavy atom. The van der Waals surface area contributed by atoms with Crippen LogP contribution in [-0.4, -0.2) is 18.5 Å². The molecular weight excluding hydrogens is 366 g/mol. The van der Waals surface area contributed by atoms with Crippen molar-refractivity contribution in [2.75, 3.05) is 7.11 Å². The van der Waals surface area contributed by atoms with Crippen LogP contribution in [0.3, 0.4) is 0 Å². The van der Waals surface area contributed by atoms with Crippen LogP contribution in [-0.2, 0) is 5.41 Å². The van der Waals surface area contributed by atoms with Crippen molar-refractivity contribution >= 4 is 23.2 Å². The third kappa shape index (κ3) is 4.45. The largest absolute Gasteiger partial charge is 0.573 e. The van der Waals surface area contributed by atoms with E-state index in [9.17, 15) is 13.2 Å². The van der Waals surface area contributed by atoms with Gasteiger partial charge in [0.25, 0.3) is 0 Å². The van der Waals surface area contributed by atoms with E-state index < -0.39 is 11.8 Å². The van der Waals surface area contributed by atoms with Gasteiger partial charge in [-0.05, 0) is 35.4 Å². The molecule has 0 amide bonds. The molecular formula is C16H14Cl2F3NO2. The van der Waals surface area contributed by atoms with Gasteiger partial charge >= 0.3 is 6.36 Å². The van der Waals surface area contributed by atoms with E-state index in [1.54, 1.807) is 18.2 Å². The van der Waals surface area contributed by atoms with Gasteiger partial charge < -0.3 is 9.47 Å². The highest BCUT2D eigenvalue weighted by Crippen LogP contribution is 2.38. The van der Waals surface area contributed by atoms with Gasteiger partial charge in [0.05, 0.1) is 7.11 Å². The molecule has 1 aromatic carbocycles. The first-order valence-electron chi connectivity index (χ1n) is 6.80. The molecule has 24 heavy (non-hydrogen) atoms. The van der Waals surface area contributed by atoms with Gasteiger partial charge in [-0.1, -0.05) is 37.0 Å². The minimum atomic E-state index is -4.79. The topological polar surface area (TPSA) is 31.4 Å². The second kappa shape index (κ2) is 6.69. The van der Waals surface area contributed by atoms with Crippen LogP contribution in [0, 0.1) is 0 Å². The number of ether oxygens (including phenoxy) is 2. The number of benzene rings is 1. The first-order valence-corrected chi connectivity index (χ1v) is 7.56. The van der Waals surface area contributed by atoms with E-state index in [2.05, 4.69) is 9.72 Å². The molecule has 0 atom stereocenters. The maximum absolute atomic E-state index is 12.5. The predicted molar refractivity (Wildman–Crippen MR) is 86.1 cm³/mol. The standard InChI is InChI=1S/C16H14Cl2F3NO2/c1-15(2,10-6-13(17)22-14(18)7-10)9-4-11(23-3)8-12(5-9)24-16(19,20)21/h4-8H,1-3H3. The molecule has 2 rings (SSSR count). The maximum atomic E-state index is 12.5. The lowest BCUT2D eigenvalue weighted by molar-refractivity contribution is -0.274. The zero-order valence-electron chi connectivity index (χ0n) is 13.0. The number of hydrogen-bond donors (Lipinski definition) is 0. The van der Waals surface area contributed by atoms with Crippen molar-refractivity contribution < 1.29 is 22.6 Å². The van der Waals surface area contributed by atoms with Crippen LogP contribution in [0.4, 0.5) is 13.2 Å². The Morgan fingerprint density at radius 1 is 0.875 bits per heavy atom. The summed E-state index contributed by atoms with van der Waals surface area (Å²) in [6.45, 7) is 3.64. The third-order valence-electron chi connectivity index (χ3n) is 3.56. The SMILES string of the molecule is COc1cc(OC(F)(F)F)cc(C(C)(C)c2cc(Cl)nc(Cl)c2)c1. The summed E-state index contributed by atoms with van der Waals surface area (Å²) >= 11 is 11.9. The monoisotopic (exact) mass is 379 g/mol. The number of methoxy groups -OCH3 is 1. The van der Waals surface area contributed by atoms with Crippen molar-refractivity contribution in [3.8, 4) is 11.5 Å². The molecule has 0 aliphatic heterocycles. The van der Waals surface area contributed by atoms with Crippen LogP contribution in [0.15, 0.2) is 30.3 Å². The Kier molecular flexibility index (Phi) is 5.20. The summed E-state index contributed by atoms with van der Waals surface area (Å²) in [5.41, 5.74) is 0.521. The highest BCUT2D eigenvalue weighted by molar-refractivity contribution is 6.32. The van der Waals surface area contributed by atoms with Crippen LogP contribution < -0.4 is 9.47 Å². The number of halogens is 5. The van der Waals surface area contributed by atoms with Crippen molar-refractivity contribution in [1.29, 1.82) is 0 Å². The van der Waals surface area contributed by atoms with Crippen molar-refractivity contribution in [2.24, 2.45) is 0 Å². The van der Waals surface area contributed by atoms with Crippen LogP contribution in [0.1, 0.15) is 25.0 Å². The molecule has 0 N–H and O–H groups in total. The van der Waals surface area contributed by atoms with E-state index in [4.69, 9.17) is 27.9 Å². The Morgan fingerprint density at radius 2 is 1.38 bits per heavy atom. The van der Waals surface area contributed by atoms with E-state index in [1.807, 2.05) is 13.8 Å². The third-order valence-corrected chi connectivity index (χ3v) is 3.94. The van der Waals surface area contributed by atoms with E-state index in [-0.39, 0.29) is 21.8 Å². The molecule has 0 aliphatic rings. The molecule has 0 bridgehead atoms. The van der Waals surface area contributed by atoms with Gasteiger partial charge in [-0.2, -0.15) is 0 Å².